The third-order valence-corrected chi connectivity index (χ3v) is 5.15. The molecule has 1 fully saturated rings. The molecule has 1 aromatic carbocycles. The molecule has 1 saturated heterocycles. The van der Waals surface area contributed by atoms with Crippen molar-refractivity contribution in [2.75, 3.05) is 40.0 Å². The van der Waals surface area contributed by atoms with E-state index < -0.39 is 0 Å². The summed E-state index contributed by atoms with van der Waals surface area (Å²) in [6.45, 7) is 5.68. The maximum absolute atomic E-state index is 12.1. The third kappa shape index (κ3) is 5.70. The topological polar surface area (TPSA) is 102 Å². The van der Waals surface area contributed by atoms with Crippen LogP contribution in [0.2, 0.25) is 0 Å². The first kappa shape index (κ1) is 22.0. The van der Waals surface area contributed by atoms with Crippen LogP contribution in [0.25, 0.3) is 0 Å². The minimum absolute atomic E-state index is 0.0468. The van der Waals surface area contributed by atoms with E-state index in [0.717, 1.165) is 44.0 Å². The van der Waals surface area contributed by atoms with Crippen molar-refractivity contribution in [3.8, 4) is 11.5 Å². The number of ether oxygens (including phenoxy) is 2. The van der Waals surface area contributed by atoms with Crippen molar-refractivity contribution >= 4 is 5.91 Å². The lowest BCUT2D eigenvalue weighted by atomic mass is 10.0. The first-order chi connectivity index (χ1) is 14.6. The van der Waals surface area contributed by atoms with E-state index in [1.165, 1.54) is 5.56 Å². The Morgan fingerprint density at radius 2 is 2.23 bits per heavy atom. The van der Waals surface area contributed by atoms with Crippen LogP contribution in [0.5, 0.6) is 11.5 Å². The number of nitrogens with one attached hydrogen (secondary N) is 1. The molecular weight excluding hydrogens is 386 g/mol. The molecule has 0 bridgehead atoms. The standard InChI is InChI=1S/C21H31N5O4/c1-3-30-20-12-16(7-8-19(20)29-2)13-25-10-4-6-17(14-25)26-15-18(23-24-26)21(28)22-9-5-11-27/h7-8,12,15,17,27H,3-6,9-11,13-14H2,1-2H3,(H,22,28)/t17-/m0/s1. The van der Waals surface area contributed by atoms with Crippen LogP contribution in [0.3, 0.4) is 0 Å². The lowest BCUT2D eigenvalue weighted by Gasteiger charge is -2.32. The average molecular weight is 418 g/mol. The summed E-state index contributed by atoms with van der Waals surface area (Å²) >= 11 is 0. The van der Waals surface area contributed by atoms with Gasteiger partial charge in [0.25, 0.3) is 5.91 Å². The zero-order chi connectivity index (χ0) is 21.3. The normalized spacial score (nSPS) is 17.0. The van der Waals surface area contributed by atoms with E-state index in [2.05, 4.69) is 26.6 Å². The van der Waals surface area contributed by atoms with E-state index in [9.17, 15) is 4.79 Å². The number of hydrogen-bond donors (Lipinski definition) is 2. The van der Waals surface area contributed by atoms with Gasteiger partial charge in [-0.1, -0.05) is 11.3 Å². The van der Waals surface area contributed by atoms with Crippen LogP contribution in [0.4, 0.5) is 0 Å². The third-order valence-electron chi connectivity index (χ3n) is 5.15. The molecule has 3 rings (SSSR count). The molecule has 1 aliphatic rings. The van der Waals surface area contributed by atoms with E-state index in [4.69, 9.17) is 14.6 Å². The molecule has 2 N–H and O–H groups in total. The van der Waals surface area contributed by atoms with E-state index in [-0.39, 0.29) is 18.6 Å². The van der Waals surface area contributed by atoms with Crippen molar-refractivity contribution in [3.05, 3.63) is 35.7 Å². The zero-order valence-electron chi connectivity index (χ0n) is 17.7. The predicted molar refractivity (Wildman–Crippen MR) is 112 cm³/mol. The second-order valence-electron chi connectivity index (χ2n) is 7.37. The molecule has 9 heteroatoms. The molecule has 0 saturated carbocycles. The second kappa shape index (κ2) is 10.9. The largest absolute Gasteiger partial charge is 0.493 e. The van der Waals surface area contributed by atoms with Crippen LogP contribution in [0.1, 0.15) is 48.3 Å². The Morgan fingerprint density at radius 3 is 3.00 bits per heavy atom. The van der Waals surface area contributed by atoms with Crippen LogP contribution in [-0.4, -0.2) is 70.9 Å². The molecule has 164 valence electrons. The molecule has 1 amide bonds. The molecule has 1 atom stereocenters. The maximum Gasteiger partial charge on any atom is 0.273 e. The summed E-state index contributed by atoms with van der Waals surface area (Å²) in [7, 11) is 1.64. The Labute approximate surface area is 177 Å². The van der Waals surface area contributed by atoms with E-state index in [1.54, 1.807) is 18.0 Å². The highest BCUT2D eigenvalue weighted by Crippen LogP contribution is 2.29. The summed E-state index contributed by atoms with van der Waals surface area (Å²) in [5.74, 6) is 1.24. The Balaban J connectivity index is 1.61. The lowest BCUT2D eigenvalue weighted by Crippen LogP contribution is -2.36. The summed E-state index contributed by atoms with van der Waals surface area (Å²) < 4.78 is 12.9. The van der Waals surface area contributed by atoms with Gasteiger partial charge < -0.3 is 19.9 Å². The predicted octanol–water partition coefficient (Wildman–Crippen LogP) is 1.63. The van der Waals surface area contributed by atoms with Gasteiger partial charge in [-0.3, -0.25) is 9.69 Å². The fraction of sp³-hybridized carbons (Fsp3) is 0.571. The Bertz CT molecular complexity index is 825. The highest BCUT2D eigenvalue weighted by atomic mass is 16.5. The van der Waals surface area contributed by atoms with Crippen molar-refractivity contribution in [2.24, 2.45) is 0 Å². The van der Waals surface area contributed by atoms with Crippen LogP contribution in [0, 0.1) is 0 Å². The van der Waals surface area contributed by atoms with Gasteiger partial charge in [-0.15, -0.1) is 5.10 Å². The average Bonchev–Trinajstić information content (AvgIpc) is 3.25. The van der Waals surface area contributed by atoms with E-state index in [1.807, 2.05) is 19.1 Å². The molecule has 1 aromatic heterocycles. The molecule has 0 radical (unpaired) electrons. The van der Waals surface area contributed by atoms with E-state index in [0.29, 0.717) is 25.3 Å². The molecule has 30 heavy (non-hydrogen) atoms. The summed E-state index contributed by atoms with van der Waals surface area (Å²) in [5, 5.41) is 19.8. The van der Waals surface area contributed by atoms with Gasteiger partial charge in [-0.25, -0.2) is 4.68 Å². The highest BCUT2D eigenvalue weighted by Gasteiger charge is 2.24. The maximum atomic E-state index is 12.1. The second-order valence-corrected chi connectivity index (χ2v) is 7.37. The summed E-state index contributed by atoms with van der Waals surface area (Å²) in [6.07, 6.45) is 4.28. The van der Waals surface area contributed by atoms with Crippen LogP contribution in [-0.2, 0) is 6.54 Å². The molecule has 1 aliphatic heterocycles. The van der Waals surface area contributed by atoms with Crippen molar-refractivity contribution < 1.29 is 19.4 Å². The number of benzene rings is 1. The van der Waals surface area contributed by atoms with Gasteiger partial charge in [0.15, 0.2) is 17.2 Å². The summed E-state index contributed by atoms with van der Waals surface area (Å²) in [5.41, 5.74) is 1.48. The number of carbonyl (C=O) groups is 1. The van der Waals surface area contributed by atoms with Gasteiger partial charge in [0.2, 0.25) is 0 Å². The van der Waals surface area contributed by atoms with Crippen molar-refractivity contribution in [1.29, 1.82) is 0 Å². The quantitative estimate of drug-likeness (QED) is 0.567. The number of piperidine rings is 1. The minimum atomic E-state index is -0.260. The number of amides is 1. The zero-order valence-corrected chi connectivity index (χ0v) is 17.7. The Morgan fingerprint density at radius 1 is 1.37 bits per heavy atom. The molecule has 9 nitrogen and oxygen atoms in total. The first-order valence-corrected chi connectivity index (χ1v) is 10.5. The number of nitrogens with zero attached hydrogens (tertiary/aromatic N) is 4. The number of rotatable bonds is 10. The Hall–Kier alpha value is -2.65. The van der Waals surface area contributed by atoms with Crippen molar-refractivity contribution in [3.63, 3.8) is 0 Å². The molecule has 2 aromatic rings. The number of aliphatic hydroxyl groups excluding tert-OH is 1. The van der Waals surface area contributed by atoms with Crippen molar-refractivity contribution in [2.45, 2.75) is 38.8 Å². The molecule has 0 spiro atoms. The van der Waals surface area contributed by atoms with Crippen LogP contribution >= 0.6 is 0 Å². The number of aliphatic hydroxyl groups is 1. The van der Waals surface area contributed by atoms with E-state index >= 15 is 0 Å². The SMILES string of the molecule is CCOc1cc(CN2CCC[C@H](n3cc(C(=O)NCCCO)nn3)C2)ccc1OC. The fourth-order valence-corrected chi connectivity index (χ4v) is 3.67. The van der Waals surface area contributed by atoms with Crippen molar-refractivity contribution in [1.82, 2.24) is 25.2 Å². The summed E-state index contributed by atoms with van der Waals surface area (Å²) in [6, 6.07) is 6.22. The van der Waals surface area contributed by atoms with Gasteiger partial charge in [0, 0.05) is 26.2 Å². The molecule has 0 unspecified atom stereocenters. The number of likely N-dealkylation sites (tertiary alicyclic amines) is 1. The monoisotopic (exact) mass is 417 g/mol. The lowest BCUT2D eigenvalue weighted by molar-refractivity contribution is 0.0946. The molecule has 0 aliphatic carbocycles. The number of carbonyl (C=O) groups excluding carboxylic acids is 1. The summed E-state index contributed by atoms with van der Waals surface area (Å²) in [4.78, 5) is 14.5. The van der Waals surface area contributed by atoms with Gasteiger partial charge in [-0.05, 0) is 50.4 Å². The molecule has 2 heterocycles. The van der Waals surface area contributed by atoms with Crippen LogP contribution in [0.15, 0.2) is 24.4 Å². The van der Waals surface area contributed by atoms with Gasteiger partial charge >= 0.3 is 0 Å². The number of methoxy groups -OCH3 is 1. The van der Waals surface area contributed by atoms with Gasteiger partial charge in [-0.2, -0.15) is 0 Å². The number of aromatic nitrogens is 3. The van der Waals surface area contributed by atoms with Crippen LogP contribution < -0.4 is 14.8 Å². The van der Waals surface area contributed by atoms with Gasteiger partial charge in [0.1, 0.15) is 0 Å². The Kier molecular flexibility index (Phi) is 8.04. The highest BCUT2D eigenvalue weighted by molar-refractivity contribution is 5.91. The fourth-order valence-electron chi connectivity index (χ4n) is 3.67. The van der Waals surface area contributed by atoms with Gasteiger partial charge in [0.05, 0.1) is 26.0 Å². The smallest absolute Gasteiger partial charge is 0.273 e. The first-order valence-electron chi connectivity index (χ1n) is 10.5. The minimum Gasteiger partial charge on any atom is -0.493 e. The molecular formula is C21H31N5O4. The number of hydrogen-bond acceptors (Lipinski definition) is 7.